The first-order chi connectivity index (χ1) is 10.3. The molecular weight excluding hydrogens is 256 g/mol. The zero-order chi connectivity index (χ0) is 15.1. The second-order valence-electron chi connectivity index (χ2n) is 6.33. The minimum Gasteiger partial charge on any atom is -0.371 e. The summed E-state index contributed by atoms with van der Waals surface area (Å²) in [6.45, 7) is 5.50. The summed E-state index contributed by atoms with van der Waals surface area (Å²) in [4.78, 5) is 2.56. The first-order valence-corrected chi connectivity index (χ1v) is 8.83. The molecule has 1 N–H and O–H groups in total. The normalized spacial score (nSPS) is 18.2. The molecule has 0 spiro atoms. The molecule has 1 unspecified atom stereocenters. The molecule has 1 atom stereocenters. The number of hydrogen-bond acceptors (Lipinski definition) is 2. The number of rotatable bonds is 6. The van der Waals surface area contributed by atoms with Crippen molar-refractivity contribution in [1.29, 1.82) is 0 Å². The molecule has 0 bridgehead atoms. The molecule has 1 saturated carbocycles. The monoisotopic (exact) mass is 288 g/mol. The third-order valence-electron chi connectivity index (χ3n) is 4.92. The fourth-order valence-corrected chi connectivity index (χ4v) is 3.67. The van der Waals surface area contributed by atoms with Crippen LogP contribution < -0.4 is 10.2 Å². The number of benzene rings is 1. The van der Waals surface area contributed by atoms with E-state index in [9.17, 15) is 0 Å². The van der Waals surface area contributed by atoms with Crippen LogP contribution in [0.4, 0.5) is 5.69 Å². The van der Waals surface area contributed by atoms with E-state index in [2.05, 4.69) is 55.4 Å². The van der Waals surface area contributed by atoms with Crippen LogP contribution in [-0.4, -0.2) is 19.6 Å². The average Bonchev–Trinajstić information content (AvgIpc) is 2.81. The Morgan fingerprint density at radius 3 is 2.38 bits per heavy atom. The van der Waals surface area contributed by atoms with Gasteiger partial charge in [-0.2, -0.15) is 0 Å². The second kappa shape index (κ2) is 8.43. The van der Waals surface area contributed by atoms with Gasteiger partial charge < -0.3 is 10.2 Å². The van der Waals surface area contributed by atoms with Crippen molar-refractivity contribution >= 4 is 5.69 Å². The molecule has 1 aliphatic rings. The van der Waals surface area contributed by atoms with Gasteiger partial charge in [0.25, 0.3) is 0 Å². The van der Waals surface area contributed by atoms with Crippen LogP contribution in [-0.2, 0) is 0 Å². The lowest BCUT2D eigenvalue weighted by Gasteiger charge is -2.33. The third-order valence-corrected chi connectivity index (χ3v) is 4.92. The van der Waals surface area contributed by atoms with Crippen LogP contribution in [0.1, 0.15) is 70.4 Å². The Hall–Kier alpha value is -1.02. The van der Waals surface area contributed by atoms with Crippen LogP contribution in [0.15, 0.2) is 24.3 Å². The Morgan fingerprint density at radius 2 is 1.76 bits per heavy atom. The van der Waals surface area contributed by atoms with Crippen LogP contribution >= 0.6 is 0 Å². The van der Waals surface area contributed by atoms with Gasteiger partial charge in [-0.05, 0) is 37.4 Å². The molecular formula is C19H32N2. The summed E-state index contributed by atoms with van der Waals surface area (Å²) in [5.74, 6) is 0. The van der Waals surface area contributed by atoms with Crippen LogP contribution in [0.25, 0.3) is 0 Å². The van der Waals surface area contributed by atoms with Crippen molar-refractivity contribution in [1.82, 2.24) is 5.32 Å². The molecule has 118 valence electrons. The van der Waals surface area contributed by atoms with Crippen LogP contribution in [0, 0.1) is 0 Å². The fraction of sp³-hybridized carbons (Fsp3) is 0.684. The van der Waals surface area contributed by atoms with Crippen molar-refractivity contribution < 1.29 is 0 Å². The number of nitrogens with one attached hydrogen (secondary N) is 1. The van der Waals surface area contributed by atoms with Gasteiger partial charge in [0.1, 0.15) is 0 Å². The van der Waals surface area contributed by atoms with E-state index >= 15 is 0 Å². The van der Waals surface area contributed by atoms with Crippen molar-refractivity contribution in [2.75, 3.05) is 18.5 Å². The number of hydrogen-bond donors (Lipinski definition) is 1. The van der Waals surface area contributed by atoms with Crippen LogP contribution in [0.5, 0.6) is 0 Å². The molecule has 2 rings (SSSR count). The number of anilines is 1. The minimum atomic E-state index is 0.472. The summed E-state index contributed by atoms with van der Waals surface area (Å²) in [7, 11) is 2.30. The quantitative estimate of drug-likeness (QED) is 0.748. The van der Waals surface area contributed by atoms with E-state index < -0.39 is 0 Å². The lowest BCUT2D eigenvalue weighted by Crippen LogP contribution is -2.33. The lowest BCUT2D eigenvalue weighted by molar-refractivity contribution is 0.523. The van der Waals surface area contributed by atoms with Crippen molar-refractivity contribution in [2.45, 2.75) is 70.9 Å². The fourth-order valence-electron chi connectivity index (χ4n) is 3.67. The highest BCUT2D eigenvalue weighted by Gasteiger charge is 2.21. The molecule has 0 aromatic heterocycles. The Morgan fingerprint density at radius 1 is 1.10 bits per heavy atom. The van der Waals surface area contributed by atoms with Gasteiger partial charge in [-0.25, -0.2) is 0 Å². The van der Waals surface area contributed by atoms with Crippen molar-refractivity contribution in [3.8, 4) is 0 Å². The SMILES string of the molecule is CCNC(CC)c1ccccc1N(C)C1CCCCCC1. The smallest absolute Gasteiger partial charge is 0.0414 e. The topological polar surface area (TPSA) is 15.3 Å². The number of nitrogens with zero attached hydrogens (tertiary/aromatic N) is 1. The molecule has 0 amide bonds. The van der Waals surface area contributed by atoms with E-state index in [0.717, 1.165) is 13.0 Å². The van der Waals surface area contributed by atoms with Gasteiger partial charge in [0.2, 0.25) is 0 Å². The summed E-state index contributed by atoms with van der Waals surface area (Å²) < 4.78 is 0. The van der Waals surface area contributed by atoms with Crippen LogP contribution in [0.2, 0.25) is 0 Å². The van der Waals surface area contributed by atoms with Crippen LogP contribution in [0.3, 0.4) is 0 Å². The van der Waals surface area contributed by atoms with Gasteiger partial charge in [-0.15, -0.1) is 0 Å². The summed E-state index contributed by atoms with van der Waals surface area (Å²) >= 11 is 0. The molecule has 1 aromatic rings. The molecule has 2 heteroatoms. The Bertz CT molecular complexity index is 408. The molecule has 1 aliphatic carbocycles. The van der Waals surface area contributed by atoms with Crippen molar-refractivity contribution in [3.63, 3.8) is 0 Å². The summed E-state index contributed by atoms with van der Waals surface area (Å²) in [5, 5.41) is 3.63. The predicted molar refractivity (Wildman–Crippen MR) is 93.0 cm³/mol. The largest absolute Gasteiger partial charge is 0.371 e. The van der Waals surface area contributed by atoms with E-state index in [1.165, 1.54) is 49.8 Å². The Kier molecular flexibility index (Phi) is 6.56. The van der Waals surface area contributed by atoms with E-state index in [1.807, 2.05) is 0 Å². The molecule has 0 aliphatic heterocycles. The first-order valence-electron chi connectivity index (χ1n) is 8.83. The summed E-state index contributed by atoms with van der Waals surface area (Å²) in [6, 6.07) is 10.2. The van der Waals surface area contributed by atoms with Gasteiger partial charge in [-0.3, -0.25) is 0 Å². The first kappa shape index (κ1) is 16.4. The average molecular weight is 288 g/mol. The van der Waals surface area contributed by atoms with Gasteiger partial charge in [0.05, 0.1) is 0 Å². The molecule has 0 heterocycles. The third kappa shape index (κ3) is 4.23. The maximum Gasteiger partial charge on any atom is 0.0414 e. The molecule has 21 heavy (non-hydrogen) atoms. The van der Waals surface area contributed by atoms with Gasteiger partial charge in [0.15, 0.2) is 0 Å². The van der Waals surface area contributed by atoms with Gasteiger partial charge >= 0.3 is 0 Å². The zero-order valence-corrected chi connectivity index (χ0v) is 14.1. The molecule has 0 radical (unpaired) electrons. The highest BCUT2D eigenvalue weighted by molar-refractivity contribution is 5.55. The Balaban J connectivity index is 2.21. The van der Waals surface area contributed by atoms with E-state index in [1.54, 1.807) is 0 Å². The van der Waals surface area contributed by atoms with Gasteiger partial charge in [-0.1, -0.05) is 57.7 Å². The summed E-state index contributed by atoms with van der Waals surface area (Å²) in [6.07, 6.45) is 9.46. The summed E-state index contributed by atoms with van der Waals surface area (Å²) in [5.41, 5.74) is 2.89. The van der Waals surface area contributed by atoms with Gasteiger partial charge in [0, 0.05) is 24.8 Å². The highest BCUT2D eigenvalue weighted by atomic mass is 15.1. The predicted octanol–water partition coefficient (Wildman–Crippen LogP) is 4.91. The number of para-hydroxylation sites is 1. The van der Waals surface area contributed by atoms with E-state index in [-0.39, 0.29) is 0 Å². The maximum absolute atomic E-state index is 3.63. The molecule has 2 nitrogen and oxygen atoms in total. The molecule has 1 aromatic carbocycles. The zero-order valence-electron chi connectivity index (χ0n) is 14.1. The maximum atomic E-state index is 3.63. The van der Waals surface area contributed by atoms with Crippen molar-refractivity contribution in [2.24, 2.45) is 0 Å². The second-order valence-corrected chi connectivity index (χ2v) is 6.33. The highest BCUT2D eigenvalue weighted by Crippen LogP contribution is 2.31. The standard InChI is InChI=1S/C19H32N2/c1-4-18(20-5-2)17-14-10-11-15-19(17)21(3)16-12-8-6-7-9-13-16/h10-11,14-16,18,20H,4-9,12-13H2,1-3H3. The Labute approximate surface area is 130 Å². The lowest BCUT2D eigenvalue weighted by atomic mass is 9.99. The van der Waals surface area contributed by atoms with E-state index in [0.29, 0.717) is 12.1 Å². The van der Waals surface area contributed by atoms with E-state index in [4.69, 9.17) is 0 Å². The minimum absolute atomic E-state index is 0.472. The van der Waals surface area contributed by atoms with Crippen molar-refractivity contribution in [3.05, 3.63) is 29.8 Å². The molecule has 0 saturated heterocycles. The molecule has 1 fully saturated rings.